The van der Waals surface area contributed by atoms with Gasteiger partial charge in [-0.15, -0.1) is 11.3 Å². The number of rotatable bonds is 9. The third-order valence-electron chi connectivity index (χ3n) is 5.45. The lowest BCUT2D eigenvalue weighted by Gasteiger charge is -2.22. The highest BCUT2D eigenvalue weighted by Gasteiger charge is 2.19. The zero-order chi connectivity index (χ0) is 21.6. The number of aromatic nitrogens is 1. The van der Waals surface area contributed by atoms with Gasteiger partial charge in [-0.25, -0.2) is 9.37 Å². The van der Waals surface area contributed by atoms with Crippen molar-refractivity contribution >= 4 is 16.5 Å². The van der Waals surface area contributed by atoms with E-state index >= 15 is 0 Å². The minimum atomic E-state index is -0.276. The van der Waals surface area contributed by atoms with E-state index in [4.69, 9.17) is 20.2 Å². The molecule has 0 radical (unpaired) electrons. The monoisotopic (exact) mass is 441 g/mol. The van der Waals surface area contributed by atoms with Crippen LogP contribution in [-0.4, -0.2) is 25.2 Å². The molecule has 0 spiro atoms. The number of ether oxygens (including phenoxy) is 2. The lowest BCUT2D eigenvalue weighted by atomic mass is 10.0. The van der Waals surface area contributed by atoms with Crippen LogP contribution in [0.25, 0.3) is 0 Å². The number of aryl methyl sites for hydroxylation is 2. The summed E-state index contributed by atoms with van der Waals surface area (Å²) in [7, 11) is 1.61. The Morgan fingerprint density at radius 3 is 2.74 bits per heavy atom. The first-order chi connectivity index (χ1) is 15.2. The predicted octanol–water partition coefficient (Wildman–Crippen LogP) is 4.71. The second-order valence-corrected chi connectivity index (χ2v) is 8.71. The minimum Gasteiger partial charge on any atom is -0.493 e. The molecular formula is C24H28FN3O2S. The van der Waals surface area contributed by atoms with Crippen LogP contribution in [0.1, 0.15) is 34.5 Å². The molecule has 31 heavy (non-hydrogen) atoms. The largest absolute Gasteiger partial charge is 0.493 e. The zero-order valence-corrected chi connectivity index (χ0v) is 18.6. The topological polar surface area (TPSA) is 60.6 Å². The molecule has 0 saturated heterocycles. The Hall–Kier alpha value is -2.64. The summed E-state index contributed by atoms with van der Waals surface area (Å²) in [5.41, 5.74) is 8.73. The summed E-state index contributed by atoms with van der Waals surface area (Å²) >= 11 is 1.79. The number of nitrogens with two attached hydrogens (primary N) is 1. The van der Waals surface area contributed by atoms with Crippen molar-refractivity contribution in [2.45, 2.75) is 38.8 Å². The summed E-state index contributed by atoms with van der Waals surface area (Å²) < 4.78 is 25.2. The molecule has 4 rings (SSSR count). The second kappa shape index (κ2) is 10.1. The fourth-order valence-corrected chi connectivity index (χ4v) is 4.97. The second-order valence-electron chi connectivity index (χ2n) is 7.65. The Kier molecular flexibility index (Phi) is 7.04. The number of fused-ring (bicyclic) bond motifs is 1. The van der Waals surface area contributed by atoms with Crippen molar-refractivity contribution in [1.29, 1.82) is 0 Å². The molecule has 0 bridgehead atoms. The molecule has 0 amide bonds. The first-order valence-electron chi connectivity index (χ1n) is 10.6. The highest BCUT2D eigenvalue weighted by molar-refractivity contribution is 7.15. The Labute approximate surface area is 186 Å². The first-order valence-corrected chi connectivity index (χ1v) is 11.5. The van der Waals surface area contributed by atoms with Gasteiger partial charge in [0.15, 0.2) is 16.6 Å². The molecule has 3 aromatic rings. The van der Waals surface area contributed by atoms with Crippen LogP contribution >= 0.6 is 11.3 Å². The van der Waals surface area contributed by atoms with Crippen molar-refractivity contribution in [2.24, 2.45) is 5.73 Å². The SMILES string of the molecule is COc1cc(CN(CCN)c2nc3c(s2)CCCC3)ccc1OCc1ccccc1F. The normalized spacial score (nSPS) is 13.0. The average molecular weight is 442 g/mol. The molecule has 2 aromatic carbocycles. The lowest BCUT2D eigenvalue weighted by Crippen LogP contribution is -2.28. The van der Waals surface area contributed by atoms with Crippen molar-refractivity contribution < 1.29 is 13.9 Å². The molecule has 0 unspecified atom stereocenters. The molecule has 0 atom stereocenters. The Morgan fingerprint density at radius 1 is 1.13 bits per heavy atom. The van der Waals surface area contributed by atoms with Crippen molar-refractivity contribution in [2.75, 3.05) is 25.1 Å². The van der Waals surface area contributed by atoms with Gasteiger partial charge in [-0.05, 0) is 49.4 Å². The maximum absolute atomic E-state index is 13.9. The van der Waals surface area contributed by atoms with Crippen LogP contribution in [0.4, 0.5) is 9.52 Å². The van der Waals surface area contributed by atoms with Crippen LogP contribution < -0.4 is 20.1 Å². The van der Waals surface area contributed by atoms with E-state index < -0.39 is 0 Å². The van der Waals surface area contributed by atoms with Crippen LogP contribution in [0, 0.1) is 5.82 Å². The number of nitrogens with zero attached hydrogens (tertiary/aromatic N) is 2. The van der Waals surface area contributed by atoms with E-state index in [0.29, 0.717) is 30.2 Å². The Bertz CT molecular complexity index is 1000. The van der Waals surface area contributed by atoms with E-state index in [2.05, 4.69) is 4.90 Å². The van der Waals surface area contributed by atoms with Crippen molar-refractivity contribution in [3.63, 3.8) is 0 Å². The van der Waals surface area contributed by atoms with Gasteiger partial charge >= 0.3 is 0 Å². The van der Waals surface area contributed by atoms with Gasteiger partial charge in [0.1, 0.15) is 12.4 Å². The summed E-state index contributed by atoms with van der Waals surface area (Å²) in [6.07, 6.45) is 4.67. The quantitative estimate of drug-likeness (QED) is 0.521. The highest BCUT2D eigenvalue weighted by Crippen LogP contribution is 2.34. The van der Waals surface area contributed by atoms with Crippen molar-refractivity contribution in [1.82, 2.24) is 4.98 Å². The minimum absolute atomic E-state index is 0.145. The summed E-state index contributed by atoms with van der Waals surface area (Å²) in [6.45, 7) is 2.13. The molecular weight excluding hydrogens is 413 g/mol. The number of halogens is 1. The molecule has 0 saturated carbocycles. The molecule has 1 aliphatic rings. The van der Waals surface area contributed by atoms with Crippen molar-refractivity contribution in [3.05, 3.63) is 70.0 Å². The molecule has 2 N–H and O–H groups in total. The third kappa shape index (κ3) is 5.17. The third-order valence-corrected chi connectivity index (χ3v) is 6.66. The number of anilines is 1. The molecule has 0 aliphatic heterocycles. The molecule has 1 aliphatic carbocycles. The predicted molar refractivity (Wildman–Crippen MR) is 123 cm³/mol. The maximum Gasteiger partial charge on any atom is 0.186 e. The molecule has 0 fully saturated rings. The number of hydrogen-bond donors (Lipinski definition) is 1. The van der Waals surface area contributed by atoms with E-state index in [9.17, 15) is 4.39 Å². The van der Waals surface area contributed by atoms with Crippen LogP contribution in [0.2, 0.25) is 0 Å². The molecule has 7 heteroatoms. The van der Waals surface area contributed by atoms with Gasteiger partial charge in [0.2, 0.25) is 0 Å². The van der Waals surface area contributed by atoms with Crippen LogP contribution in [0.3, 0.4) is 0 Å². The standard InChI is InChI=1S/C24H28FN3O2S/c1-29-22-14-17(10-11-21(22)30-16-18-6-2-3-7-19(18)25)15-28(13-12-26)24-27-20-8-4-5-9-23(20)31-24/h2-3,6-7,10-11,14H,4-5,8-9,12-13,15-16,26H2,1H3. The van der Waals surface area contributed by atoms with E-state index in [0.717, 1.165) is 30.1 Å². The smallest absolute Gasteiger partial charge is 0.186 e. The number of methoxy groups -OCH3 is 1. The maximum atomic E-state index is 13.9. The van der Waals surface area contributed by atoms with E-state index in [1.165, 1.54) is 29.5 Å². The molecule has 1 heterocycles. The van der Waals surface area contributed by atoms with Gasteiger partial charge in [0, 0.05) is 30.1 Å². The molecule has 5 nitrogen and oxygen atoms in total. The van der Waals surface area contributed by atoms with Crippen LogP contribution in [0.5, 0.6) is 11.5 Å². The summed E-state index contributed by atoms with van der Waals surface area (Å²) in [6, 6.07) is 12.5. The van der Waals surface area contributed by atoms with Gasteiger partial charge < -0.3 is 20.1 Å². The van der Waals surface area contributed by atoms with Gasteiger partial charge in [-0.1, -0.05) is 24.3 Å². The number of hydrogen-bond acceptors (Lipinski definition) is 6. The molecule has 1 aromatic heterocycles. The van der Waals surface area contributed by atoms with E-state index in [1.807, 2.05) is 18.2 Å². The Morgan fingerprint density at radius 2 is 1.97 bits per heavy atom. The van der Waals surface area contributed by atoms with Gasteiger partial charge in [-0.3, -0.25) is 0 Å². The zero-order valence-electron chi connectivity index (χ0n) is 17.8. The average Bonchev–Trinajstić information content (AvgIpc) is 3.23. The summed E-state index contributed by atoms with van der Waals surface area (Å²) in [4.78, 5) is 8.54. The first kappa shape index (κ1) is 21.6. The van der Waals surface area contributed by atoms with Crippen LogP contribution in [-0.2, 0) is 26.0 Å². The number of thiazole rings is 1. The lowest BCUT2D eigenvalue weighted by molar-refractivity contribution is 0.279. The van der Waals surface area contributed by atoms with E-state index in [1.54, 1.807) is 36.6 Å². The van der Waals surface area contributed by atoms with Gasteiger partial charge in [0.25, 0.3) is 0 Å². The highest BCUT2D eigenvalue weighted by atomic mass is 32.1. The fraction of sp³-hybridized carbons (Fsp3) is 0.375. The Balaban J connectivity index is 1.49. The summed E-state index contributed by atoms with van der Waals surface area (Å²) in [5, 5.41) is 1.04. The van der Waals surface area contributed by atoms with E-state index in [-0.39, 0.29) is 12.4 Å². The number of benzene rings is 2. The fourth-order valence-electron chi connectivity index (χ4n) is 3.79. The molecule has 164 valence electrons. The van der Waals surface area contributed by atoms with Gasteiger partial charge in [-0.2, -0.15) is 0 Å². The van der Waals surface area contributed by atoms with Crippen LogP contribution in [0.15, 0.2) is 42.5 Å². The van der Waals surface area contributed by atoms with Gasteiger partial charge in [0.05, 0.1) is 12.8 Å². The van der Waals surface area contributed by atoms with Crippen molar-refractivity contribution in [3.8, 4) is 11.5 Å². The summed E-state index contributed by atoms with van der Waals surface area (Å²) in [5.74, 6) is 0.936.